The van der Waals surface area contributed by atoms with Gasteiger partial charge in [0, 0.05) is 5.57 Å². The van der Waals surface area contributed by atoms with E-state index in [9.17, 15) is 38.4 Å². The Morgan fingerprint density at radius 2 is 0.597 bits per heavy atom. The zero-order valence-electron chi connectivity index (χ0n) is 80.2. The van der Waals surface area contributed by atoms with Crippen molar-refractivity contribution < 1.29 is 95.2 Å². The highest BCUT2D eigenvalue weighted by molar-refractivity contribution is 5.93. The number of carbonyl (C=O) groups is 8. The largest absolute Gasteiger partial charge is 0.494 e. The summed E-state index contributed by atoms with van der Waals surface area (Å²) in [7, 11) is 0. The Labute approximate surface area is 774 Å². The van der Waals surface area contributed by atoms with E-state index in [2.05, 4.69) is 58.5 Å². The molecule has 5 aromatic rings. The predicted molar refractivity (Wildman–Crippen MR) is 512 cm³/mol. The van der Waals surface area contributed by atoms with Crippen LogP contribution in [-0.2, 0) is 52.4 Å². The van der Waals surface area contributed by atoms with Gasteiger partial charge < -0.3 is 56.8 Å². The number of rotatable bonds is 67. The van der Waals surface area contributed by atoms with Crippen molar-refractivity contribution in [1.29, 1.82) is 0 Å². The molecule has 0 bridgehead atoms. The van der Waals surface area contributed by atoms with Gasteiger partial charge in [0.15, 0.2) is 0 Å². The van der Waals surface area contributed by atoms with E-state index in [1.807, 2.05) is 61.5 Å². The lowest BCUT2D eigenvalue weighted by Gasteiger charge is -2.29. The van der Waals surface area contributed by atoms with Crippen LogP contribution in [0.1, 0.15) is 411 Å². The summed E-state index contributed by atoms with van der Waals surface area (Å²) in [6.07, 6.45) is 50.2. The molecule has 718 valence electrons. The summed E-state index contributed by atoms with van der Waals surface area (Å²) in [5.74, 6) is 3.96. The SMILES string of the molecule is C=C(C)C(=O)OCCCCCCOC(=O)c1cc(OCCCCCCCC)ccc1OCCCCCCCCOC(=O)CCC(=O)OCCC.CCCCCC1CCC(c2ccc(OC(=O)c3ccc(OCCCCCCCCOC(=O)CCC(=O)OCC)cc3)cc2)CC1.CCCCCCCOc1ccc(C(=O)Oc2ccc(C3CCC(CCCCC)CC3)cc2)cc1. The number of ether oxygens (including phenoxy) is 12. The molecule has 0 N–H and O–H groups in total. The van der Waals surface area contributed by atoms with E-state index in [1.54, 1.807) is 50.2 Å². The lowest BCUT2D eigenvalue weighted by Crippen LogP contribution is -2.13. The average molecular weight is 1790 g/mol. The first-order valence-corrected chi connectivity index (χ1v) is 50.1. The molecular formula is C109H162O20. The minimum Gasteiger partial charge on any atom is -0.494 e. The Kier molecular flexibility index (Phi) is 61.2. The number of unbranched alkanes of at least 4 members (excludes halogenated alkanes) is 26. The molecule has 0 aromatic heterocycles. The van der Waals surface area contributed by atoms with Crippen molar-refractivity contribution in [3.8, 4) is 34.5 Å². The van der Waals surface area contributed by atoms with Gasteiger partial charge in [0.1, 0.15) is 40.1 Å². The highest BCUT2D eigenvalue weighted by Gasteiger charge is 2.25. The molecule has 0 radical (unpaired) electrons. The third kappa shape index (κ3) is 51.8. The van der Waals surface area contributed by atoms with E-state index in [-0.39, 0.29) is 67.5 Å². The predicted octanol–water partition coefficient (Wildman–Crippen LogP) is 27.7. The van der Waals surface area contributed by atoms with Crippen molar-refractivity contribution in [3.05, 3.63) is 155 Å². The molecule has 20 heteroatoms. The second-order valence-electron chi connectivity index (χ2n) is 34.8. The summed E-state index contributed by atoms with van der Waals surface area (Å²) in [6, 6.07) is 36.0. The summed E-state index contributed by atoms with van der Waals surface area (Å²) in [6.45, 7) is 22.3. The molecule has 2 aliphatic carbocycles. The van der Waals surface area contributed by atoms with Gasteiger partial charge in [0.25, 0.3) is 0 Å². The van der Waals surface area contributed by atoms with Crippen molar-refractivity contribution in [2.24, 2.45) is 11.8 Å². The maximum atomic E-state index is 13.1. The summed E-state index contributed by atoms with van der Waals surface area (Å²) in [5.41, 5.74) is 4.53. The van der Waals surface area contributed by atoms with Crippen LogP contribution >= 0.6 is 0 Å². The van der Waals surface area contributed by atoms with E-state index in [4.69, 9.17) is 56.8 Å². The van der Waals surface area contributed by atoms with E-state index in [0.717, 1.165) is 152 Å². The molecule has 2 saturated carbocycles. The van der Waals surface area contributed by atoms with Crippen LogP contribution in [0.4, 0.5) is 0 Å². The van der Waals surface area contributed by atoms with E-state index >= 15 is 0 Å². The Morgan fingerprint density at radius 3 is 0.969 bits per heavy atom. The van der Waals surface area contributed by atoms with E-state index in [1.165, 1.54) is 165 Å². The average Bonchev–Trinajstić information content (AvgIpc) is 0.856. The fraction of sp³-hybridized carbons (Fsp3) is 0.633. The third-order valence-corrected chi connectivity index (χ3v) is 23.7. The van der Waals surface area contributed by atoms with E-state index in [0.29, 0.717) is 123 Å². The van der Waals surface area contributed by atoms with Crippen molar-refractivity contribution in [2.45, 2.75) is 369 Å². The van der Waals surface area contributed by atoms with Gasteiger partial charge in [-0.15, -0.1) is 0 Å². The lowest BCUT2D eigenvalue weighted by atomic mass is 9.77. The highest BCUT2D eigenvalue weighted by atomic mass is 16.6. The summed E-state index contributed by atoms with van der Waals surface area (Å²) < 4.78 is 65.7. The number of hydrogen-bond donors (Lipinski definition) is 0. The Morgan fingerprint density at radius 1 is 0.287 bits per heavy atom. The van der Waals surface area contributed by atoms with Crippen LogP contribution in [-0.4, -0.2) is 114 Å². The molecule has 2 fully saturated rings. The maximum Gasteiger partial charge on any atom is 0.343 e. The molecule has 0 atom stereocenters. The van der Waals surface area contributed by atoms with Crippen LogP contribution in [0.3, 0.4) is 0 Å². The minimum absolute atomic E-state index is 0.0503. The van der Waals surface area contributed by atoms with Gasteiger partial charge in [-0.05, 0) is 262 Å². The van der Waals surface area contributed by atoms with Gasteiger partial charge in [0.05, 0.1) is 103 Å². The second kappa shape index (κ2) is 71.5. The van der Waals surface area contributed by atoms with Crippen LogP contribution in [0, 0.1) is 11.8 Å². The van der Waals surface area contributed by atoms with Crippen molar-refractivity contribution in [2.75, 3.05) is 66.1 Å². The number of hydrogen-bond acceptors (Lipinski definition) is 20. The smallest absolute Gasteiger partial charge is 0.343 e. The van der Waals surface area contributed by atoms with Crippen LogP contribution in [0.2, 0.25) is 0 Å². The molecule has 5 aromatic carbocycles. The molecule has 0 heterocycles. The number of carbonyl (C=O) groups excluding carboxylic acids is 8. The van der Waals surface area contributed by atoms with Gasteiger partial charge in [-0.2, -0.15) is 0 Å². The van der Waals surface area contributed by atoms with Gasteiger partial charge in [-0.3, -0.25) is 19.2 Å². The van der Waals surface area contributed by atoms with Gasteiger partial charge in [-0.1, -0.05) is 226 Å². The highest BCUT2D eigenvalue weighted by Crippen LogP contribution is 2.40. The van der Waals surface area contributed by atoms with E-state index < -0.39 is 5.97 Å². The maximum absolute atomic E-state index is 13.1. The minimum atomic E-state index is -0.433. The van der Waals surface area contributed by atoms with Gasteiger partial charge in [0.2, 0.25) is 0 Å². The summed E-state index contributed by atoms with van der Waals surface area (Å²) >= 11 is 0. The Balaban J connectivity index is 0.000000348. The Hall–Kier alpha value is -9.20. The first-order chi connectivity index (χ1) is 62.9. The summed E-state index contributed by atoms with van der Waals surface area (Å²) in [5, 5.41) is 0. The zero-order valence-corrected chi connectivity index (χ0v) is 80.2. The molecule has 0 amide bonds. The molecule has 0 spiro atoms. The van der Waals surface area contributed by atoms with Crippen molar-refractivity contribution in [3.63, 3.8) is 0 Å². The monoisotopic (exact) mass is 1790 g/mol. The van der Waals surface area contributed by atoms with Gasteiger partial charge in [-0.25, -0.2) is 19.2 Å². The molecular weight excluding hydrogens is 1630 g/mol. The number of benzene rings is 5. The van der Waals surface area contributed by atoms with Crippen LogP contribution in [0.25, 0.3) is 0 Å². The lowest BCUT2D eigenvalue weighted by molar-refractivity contribution is -0.150. The van der Waals surface area contributed by atoms with Gasteiger partial charge >= 0.3 is 47.8 Å². The van der Waals surface area contributed by atoms with Crippen molar-refractivity contribution in [1.82, 2.24) is 0 Å². The molecule has 2 aliphatic rings. The quantitative estimate of drug-likeness (QED) is 0.0115. The Bertz CT molecular complexity index is 3820. The normalized spacial score (nSPS) is 14.5. The first-order valence-electron chi connectivity index (χ1n) is 50.1. The molecule has 0 aliphatic heterocycles. The van der Waals surface area contributed by atoms with Crippen LogP contribution in [0.15, 0.2) is 127 Å². The van der Waals surface area contributed by atoms with Crippen LogP contribution in [0.5, 0.6) is 34.5 Å². The summed E-state index contributed by atoms with van der Waals surface area (Å²) in [4.78, 5) is 95.9. The third-order valence-electron chi connectivity index (χ3n) is 23.7. The standard InChI is InChI=1S/C40H64O10.C38H54O7.C31H44O3/c1-5-7-8-9-12-17-27-45-34-22-23-36(35(32-34)40(44)50-31-21-16-15-20-30-49-39(43)33(3)4)46-28-18-13-10-11-14-19-29-48-38(42)25-24-37(41)47-26-6-2;1-3-5-10-13-30-14-16-31(17-15-30)32-18-24-35(25-19-32)45-38(41)33-20-22-34(23-21-33)43-28-11-8-6-7-9-12-29-44-37(40)27-26-36(39)42-4-2;1-3-5-7-8-10-24-33-29-20-18-28(19-21-29)31(32)34-30-22-16-27(17-23-30)26-14-12-25(13-15-26)11-9-6-4-2/h22-23,32H,3,5-21,24-31H2,1-2,4H3;18-25,30-31H,3-17,26-29H2,1-2H3;16-23,25-26H,3-15,24H2,1-2H3. The molecule has 7 rings (SSSR count). The topological polar surface area (TPSA) is 247 Å². The van der Waals surface area contributed by atoms with Crippen molar-refractivity contribution >= 4 is 47.8 Å². The fourth-order valence-electron chi connectivity index (χ4n) is 15.8. The molecule has 20 nitrogen and oxygen atoms in total. The molecule has 0 saturated heterocycles. The molecule has 129 heavy (non-hydrogen) atoms. The second-order valence-corrected chi connectivity index (χ2v) is 34.8. The number of esters is 8. The van der Waals surface area contributed by atoms with Crippen LogP contribution < -0.4 is 28.4 Å². The zero-order chi connectivity index (χ0) is 92.8. The first kappa shape index (κ1) is 110. The fourth-order valence-corrected chi connectivity index (χ4v) is 15.8. The molecule has 0 unspecified atom stereocenters.